The molecule has 2 amide bonds. The van der Waals surface area contributed by atoms with Gasteiger partial charge in [0.1, 0.15) is 12.1 Å². The van der Waals surface area contributed by atoms with Crippen molar-refractivity contribution in [3.8, 4) is 0 Å². The third-order valence-electron chi connectivity index (χ3n) is 3.40. The highest BCUT2D eigenvalue weighted by Gasteiger charge is 2.39. The van der Waals surface area contributed by atoms with Crippen molar-refractivity contribution in [2.24, 2.45) is 0 Å². The zero-order chi connectivity index (χ0) is 14.2. The van der Waals surface area contributed by atoms with E-state index in [0.717, 1.165) is 5.69 Å². The van der Waals surface area contributed by atoms with Crippen LogP contribution in [0.15, 0.2) is 24.3 Å². The highest BCUT2D eigenvalue weighted by molar-refractivity contribution is 6.08. The van der Waals surface area contributed by atoms with E-state index in [1.807, 2.05) is 24.3 Å². The summed E-state index contributed by atoms with van der Waals surface area (Å²) in [5.74, 6) is 0.243. The van der Waals surface area contributed by atoms with Crippen LogP contribution in [0, 0.1) is 0 Å². The maximum Gasteiger partial charge on any atom is 0.252 e. The predicted molar refractivity (Wildman–Crippen MR) is 75.1 cm³/mol. The average Bonchev–Trinajstić information content (AvgIpc) is 2.33. The van der Waals surface area contributed by atoms with E-state index in [2.05, 4.69) is 19.2 Å². The second-order valence-electron chi connectivity index (χ2n) is 5.81. The number of benzene rings is 1. The molecule has 1 aromatic rings. The summed E-state index contributed by atoms with van der Waals surface area (Å²) in [6, 6.07) is 7.82. The van der Waals surface area contributed by atoms with Crippen LogP contribution < -0.4 is 10.2 Å². The van der Waals surface area contributed by atoms with Crippen LogP contribution in [0.25, 0.3) is 0 Å². The van der Waals surface area contributed by atoms with Crippen LogP contribution in [-0.4, -0.2) is 23.9 Å². The minimum atomic E-state index is -0.841. The topological polar surface area (TPSA) is 49.4 Å². The quantitative estimate of drug-likeness (QED) is 0.884. The first kappa shape index (κ1) is 13.6. The Balaban J connectivity index is 2.30. The van der Waals surface area contributed by atoms with Crippen molar-refractivity contribution in [2.45, 2.75) is 39.2 Å². The molecule has 1 fully saturated rings. The molecule has 1 aliphatic rings. The van der Waals surface area contributed by atoms with Gasteiger partial charge in [-0.05, 0) is 37.5 Å². The molecule has 0 saturated carbocycles. The molecule has 2 rings (SSSR count). The first-order chi connectivity index (χ1) is 8.81. The summed E-state index contributed by atoms with van der Waals surface area (Å²) in [5, 5.41) is 2.70. The van der Waals surface area contributed by atoms with Gasteiger partial charge in [-0.15, -0.1) is 0 Å². The summed E-state index contributed by atoms with van der Waals surface area (Å²) in [4.78, 5) is 25.5. The number of hydrogen-bond acceptors (Lipinski definition) is 2. The Morgan fingerprint density at radius 1 is 1.16 bits per heavy atom. The molecule has 102 valence electrons. The largest absolute Gasteiger partial charge is 0.341 e. The number of nitrogens with zero attached hydrogens (tertiary/aromatic N) is 1. The van der Waals surface area contributed by atoms with Gasteiger partial charge in [0, 0.05) is 5.69 Å². The molecule has 19 heavy (non-hydrogen) atoms. The number of anilines is 1. The van der Waals surface area contributed by atoms with E-state index in [9.17, 15) is 9.59 Å². The molecule has 4 heteroatoms. The van der Waals surface area contributed by atoms with Gasteiger partial charge >= 0.3 is 0 Å². The first-order valence-electron chi connectivity index (χ1n) is 6.54. The predicted octanol–water partition coefficient (Wildman–Crippen LogP) is 2.05. The summed E-state index contributed by atoms with van der Waals surface area (Å²) in [5.41, 5.74) is 1.15. The lowest BCUT2D eigenvalue weighted by Crippen LogP contribution is -2.64. The number of carbonyl (C=O) groups excluding carboxylic acids is 2. The molecule has 0 unspecified atom stereocenters. The Morgan fingerprint density at radius 2 is 1.74 bits per heavy atom. The monoisotopic (exact) mass is 260 g/mol. The molecule has 1 saturated heterocycles. The molecule has 0 bridgehead atoms. The van der Waals surface area contributed by atoms with Gasteiger partial charge in [-0.25, -0.2) is 0 Å². The molecular formula is C15H20N2O2. The van der Waals surface area contributed by atoms with E-state index < -0.39 is 5.54 Å². The van der Waals surface area contributed by atoms with Crippen molar-refractivity contribution in [1.82, 2.24) is 5.32 Å². The molecule has 1 aromatic carbocycles. The Labute approximate surface area is 113 Å². The first-order valence-corrected chi connectivity index (χ1v) is 6.54. The average molecular weight is 260 g/mol. The van der Waals surface area contributed by atoms with E-state index in [-0.39, 0.29) is 18.4 Å². The van der Waals surface area contributed by atoms with Gasteiger partial charge in [-0.2, -0.15) is 0 Å². The molecule has 0 radical (unpaired) electrons. The number of carbonyl (C=O) groups is 2. The molecule has 0 aromatic heterocycles. The second kappa shape index (κ2) is 4.68. The fraction of sp³-hybridized carbons (Fsp3) is 0.467. The normalized spacial score (nSPS) is 18.7. The Bertz CT molecular complexity index is 503. The summed E-state index contributed by atoms with van der Waals surface area (Å²) in [6.45, 7) is 7.78. The highest BCUT2D eigenvalue weighted by Crippen LogP contribution is 2.24. The maximum atomic E-state index is 12.3. The molecule has 4 nitrogen and oxygen atoms in total. The van der Waals surface area contributed by atoms with E-state index in [4.69, 9.17) is 0 Å². The Kier molecular flexibility index (Phi) is 3.35. The van der Waals surface area contributed by atoms with Gasteiger partial charge in [0.2, 0.25) is 5.91 Å². The van der Waals surface area contributed by atoms with Crippen LogP contribution >= 0.6 is 0 Å². The smallest absolute Gasteiger partial charge is 0.252 e. The molecule has 1 aliphatic heterocycles. The fourth-order valence-corrected chi connectivity index (χ4v) is 2.24. The summed E-state index contributed by atoms with van der Waals surface area (Å²) in [7, 11) is 0. The van der Waals surface area contributed by atoms with Crippen LogP contribution in [-0.2, 0) is 9.59 Å². The minimum Gasteiger partial charge on any atom is -0.341 e. The van der Waals surface area contributed by atoms with E-state index in [1.165, 1.54) is 5.56 Å². The van der Waals surface area contributed by atoms with Crippen LogP contribution in [0.1, 0.15) is 39.2 Å². The van der Waals surface area contributed by atoms with Crippen LogP contribution in [0.3, 0.4) is 0 Å². The van der Waals surface area contributed by atoms with Crippen molar-refractivity contribution < 1.29 is 9.59 Å². The molecule has 0 spiro atoms. The van der Waals surface area contributed by atoms with Crippen molar-refractivity contribution in [3.63, 3.8) is 0 Å². The van der Waals surface area contributed by atoms with E-state index in [0.29, 0.717) is 5.92 Å². The second-order valence-corrected chi connectivity index (χ2v) is 5.81. The van der Waals surface area contributed by atoms with Crippen molar-refractivity contribution in [3.05, 3.63) is 29.8 Å². The minimum absolute atomic E-state index is 0.0793. The number of nitrogens with one attached hydrogen (secondary N) is 1. The van der Waals surface area contributed by atoms with Gasteiger partial charge in [-0.1, -0.05) is 26.0 Å². The Morgan fingerprint density at radius 3 is 2.26 bits per heavy atom. The lowest BCUT2D eigenvalue weighted by Gasteiger charge is -2.37. The van der Waals surface area contributed by atoms with Gasteiger partial charge < -0.3 is 10.2 Å². The van der Waals surface area contributed by atoms with Gasteiger partial charge in [0.05, 0.1) is 0 Å². The van der Waals surface area contributed by atoms with Crippen LogP contribution in [0.4, 0.5) is 5.69 Å². The van der Waals surface area contributed by atoms with E-state index in [1.54, 1.807) is 18.7 Å². The van der Waals surface area contributed by atoms with Gasteiger partial charge in [-0.3, -0.25) is 9.59 Å². The van der Waals surface area contributed by atoms with Crippen molar-refractivity contribution >= 4 is 17.5 Å². The van der Waals surface area contributed by atoms with Gasteiger partial charge in [0.15, 0.2) is 0 Å². The number of hydrogen-bond donors (Lipinski definition) is 1. The number of rotatable bonds is 2. The third kappa shape index (κ3) is 2.62. The number of piperazine rings is 1. The molecule has 0 atom stereocenters. The van der Waals surface area contributed by atoms with Crippen molar-refractivity contribution in [1.29, 1.82) is 0 Å². The SMILES string of the molecule is CC(C)c1ccc(N2CC(=O)NC(C)(C)C2=O)cc1. The third-order valence-corrected chi connectivity index (χ3v) is 3.40. The van der Waals surface area contributed by atoms with Crippen LogP contribution in [0.5, 0.6) is 0 Å². The van der Waals surface area contributed by atoms with Crippen LogP contribution in [0.2, 0.25) is 0 Å². The molecule has 0 aliphatic carbocycles. The zero-order valence-electron chi connectivity index (χ0n) is 11.9. The highest BCUT2D eigenvalue weighted by atomic mass is 16.2. The van der Waals surface area contributed by atoms with E-state index >= 15 is 0 Å². The molecule has 1 N–H and O–H groups in total. The summed E-state index contributed by atoms with van der Waals surface area (Å²) < 4.78 is 0. The standard InChI is InChI=1S/C15H20N2O2/c1-10(2)11-5-7-12(8-6-11)17-9-13(18)16-15(3,4)14(17)19/h5-8,10H,9H2,1-4H3,(H,16,18). The number of amides is 2. The molecule has 1 heterocycles. The Hall–Kier alpha value is -1.84. The summed E-state index contributed by atoms with van der Waals surface area (Å²) in [6.07, 6.45) is 0. The maximum absolute atomic E-state index is 12.3. The lowest BCUT2D eigenvalue weighted by molar-refractivity contribution is -0.134. The van der Waals surface area contributed by atoms with Crippen molar-refractivity contribution in [2.75, 3.05) is 11.4 Å². The lowest BCUT2D eigenvalue weighted by atomic mass is 9.99. The fourth-order valence-electron chi connectivity index (χ4n) is 2.24. The summed E-state index contributed by atoms with van der Waals surface area (Å²) >= 11 is 0. The molecular weight excluding hydrogens is 240 g/mol. The van der Waals surface area contributed by atoms with Gasteiger partial charge in [0.25, 0.3) is 5.91 Å². The zero-order valence-corrected chi connectivity index (χ0v) is 11.9.